The van der Waals surface area contributed by atoms with Crippen molar-refractivity contribution in [1.29, 1.82) is 0 Å². The van der Waals surface area contributed by atoms with Gasteiger partial charge in [-0.2, -0.15) is 0 Å². The van der Waals surface area contributed by atoms with Gasteiger partial charge in [0.25, 0.3) is 0 Å². The fourth-order valence-corrected chi connectivity index (χ4v) is 4.28. The van der Waals surface area contributed by atoms with Crippen LogP contribution in [0.4, 0.5) is 0 Å². The predicted molar refractivity (Wildman–Crippen MR) is 108 cm³/mol. The molecule has 0 N–H and O–H groups in total. The summed E-state index contributed by atoms with van der Waals surface area (Å²) in [7, 11) is 1.89. The number of alkyl halides is 2. The molecule has 0 bridgehead atoms. The third kappa shape index (κ3) is 3.88. The number of hydrogen-bond acceptors (Lipinski definition) is 5. The van der Waals surface area contributed by atoms with Crippen LogP contribution in [0.3, 0.4) is 0 Å². The van der Waals surface area contributed by atoms with Gasteiger partial charge in [-0.1, -0.05) is 30.0 Å². The Morgan fingerprint density at radius 2 is 2.00 bits per heavy atom. The molecule has 2 aromatic heterocycles. The molecule has 3 aromatic rings. The van der Waals surface area contributed by atoms with Gasteiger partial charge >= 0.3 is 0 Å². The van der Waals surface area contributed by atoms with Crippen molar-refractivity contribution < 1.29 is 4.79 Å². The Balaban J connectivity index is 1.45. The van der Waals surface area contributed by atoms with Crippen LogP contribution in [0.5, 0.6) is 0 Å². The number of carbonyl (C=O) groups excluding carboxylic acids is 1. The van der Waals surface area contributed by atoms with E-state index in [1.54, 1.807) is 12.4 Å². The van der Waals surface area contributed by atoms with Gasteiger partial charge in [0.15, 0.2) is 16.8 Å². The first-order chi connectivity index (χ1) is 13.0. The maximum Gasteiger partial charge on any atom is 0.191 e. The summed E-state index contributed by atoms with van der Waals surface area (Å²) < 4.78 is 1.18. The van der Waals surface area contributed by atoms with Crippen molar-refractivity contribution in [1.82, 2.24) is 19.7 Å². The average molecular weight is 419 g/mol. The maximum atomic E-state index is 12.6. The lowest BCUT2D eigenvalue weighted by molar-refractivity contribution is 0.102. The highest BCUT2D eigenvalue weighted by Crippen LogP contribution is 2.59. The highest BCUT2D eigenvalue weighted by Gasteiger charge is 2.52. The van der Waals surface area contributed by atoms with Gasteiger partial charge in [0.05, 0.1) is 5.75 Å². The number of thioether (sulfide) groups is 1. The molecule has 2 heterocycles. The van der Waals surface area contributed by atoms with Gasteiger partial charge in [-0.25, -0.2) is 0 Å². The minimum Gasteiger partial charge on any atom is -0.305 e. The molecule has 8 heteroatoms. The number of ketones is 1. The quantitative estimate of drug-likeness (QED) is 0.334. The summed E-state index contributed by atoms with van der Waals surface area (Å²) in [5.41, 5.74) is 2.60. The molecule has 1 aromatic carbocycles. The number of hydrogen-bond donors (Lipinski definition) is 0. The van der Waals surface area contributed by atoms with Crippen molar-refractivity contribution >= 4 is 40.7 Å². The van der Waals surface area contributed by atoms with Crippen molar-refractivity contribution in [3.63, 3.8) is 0 Å². The third-order valence-electron chi connectivity index (χ3n) is 4.54. The molecule has 0 aliphatic heterocycles. The summed E-state index contributed by atoms with van der Waals surface area (Å²) >= 11 is 13.6. The first-order valence-electron chi connectivity index (χ1n) is 8.39. The number of halogens is 2. The van der Waals surface area contributed by atoms with E-state index in [2.05, 4.69) is 15.2 Å². The Hall–Kier alpha value is -1.89. The standard InChI is InChI=1S/C19H16Cl2N4OS/c1-25-17(12-5-7-22-8-6-12)23-24-18(25)27-11-16(26)14-4-2-3-13(9-14)15-10-19(15,20)21/h2-9,15H,10-11H2,1H3. The van der Waals surface area contributed by atoms with Gasteiger partial charge in [-0.05, 0) is 30.2 Å². The summed E-state index contributed by atoms with van der Waals surface area (Å²) in [6, 6.07) is 11.3. The van der Waals surface area contributed by atoms with E-state index in [-0.39, 0.29) is 17.5 Å². The van der Waals surface area contributed by atoms with Gasteiger partial charge in [-0.15, -0.1) is 33.4 Å². The maximum absolute atomic E-state index is 12.6. The Kier molecular flexibility index (Phi) is 4.97. The van der Waals surface area contributed by atoms with E-state index in [1.807, 2.05) is 48.0 Å². The number of rotatable bonds is 6. The Labute approximate surface area is 171 Å². The number of Topliss-reactive ketones (excluding diaryl/α,β-unsaturated/α-hetero) is 1. The number of nitrogens with zero attached hydrogens (tertiary/aromatic N) is 4. The third-order valence-corrected chi connectivity index (χ3v) is 6.40. The second-order valence-corrected chi connectivity index (χ2v) is 8.94. The first kappa shape index (κ1) is 18.5. The molecule has 0 amide bonds. The molecule has 1 saturated carbocycles. The van der Waals surface area contributed by atoms with Crippen LogP contribution in [-0.2, 0) is 7.05 Å². The number of carbonyl (C=O) groups is 1. The summed E-state index contributed by atoms with van der Waals surface area (Å²) in [5.74, 6) is 1.15. The Morgan fingerprint density at radius 3 is 2.70 bits per heavy atom. The summed E-state index contributed by atoms with van der Waals surface area (Å²) in [6.45, 7) is 0. The molecule has 1 atom stereocenters. The molecular weight excluding hydrogens is 403 g/mol. The van der Waals surface area contributed by atoms with E-state index in [1.165, 1.54) is 11.8 Å². The van der Waals surface area contributed by atoms with E-state index in [9.17, 15) is 4.79 Å². The summed E-state index contributed by atoms with van der Waals surface area (Å²) in [6.07, 6.45) is 4.15. The second-order valence-electron chi connectivity index (χ2n) is 6.46. The van der Waals surface area contributed by atoms with Crippen molar-refractivity contribution in [3.05, 3.63) is 59.9 Å². The highest BCUT2D eigenvalue weighted by atomic mass is 35.5. The van der Waals surface area contributed by atoms with Crippen LogP contribution in [0.1, 0.15) is 28.3 Å². The number of aromatic nitrogens is 4. The van der Waals surface area contributed by atoms with Gasteiger partial charge in [0.2, 0.25) is 0 Å². The minimum absolute atomic E-state index is 0.0331. The zero-order valence-electron chi connectivity index (χ0n) is 14.5. The van der Waals surface area contributed by atoms with Crippen LogP contribution < -0.4 is 0 Å². The topological polar surface area (TPSA) is 60.7 Å². The Morgan fingerprint density at radius 1 is 1.26 bits per heavy atom. The van der Waals surface area contributed by atoms with Crippen LogP contribution in [0.25, 0.3) is 11.4 Å². The normalized spacial score (nSPS) is 17.7. The second kappa shape index (κ2) is 7.26. The highest BCUT2D eigenvalue weighted by molar-refractivity contribution is 7.99. The molecular formula is C19H16Cl2N4OS. The first-order valence-corrected chi connectivity index (χ1v) is 10.1. The number of pyridine rings is 1. The average Bonchev–Trinajstić information content (AvgIpc) is 3.17. The van der Waals surface area contributed by atoms with Crippen molar-refractivity contribution in [2.75, 3.05) is 5.75 Å². The van der Waals surface area contributed by atoms with Crippen molar-refractivity contribution in [2.24, 2.45) is 7.05 Å². The Bertz CT molecular complexity index is 990. The van der Waals surface area contributed by atoms with E-state index in [4.69, 9.17) is 23.2 Å². The predicted octanol–water partition coefficient (Wildman–Crippen LogP) is 4.51. The molecule has 1 fully saturated rings. The van der Waals surface area contributed by atoms with Gasteiger partial charge in [0, 0.05) is 36.5 Å². The lowest BCUT2D eigenvalue weighted by Gasteiger charge is -2.06. The lowest BCUT2D eigenvalue weighted by atomic mass is 10.1. The van der Waals surface area contributed by atoms with Crippen LogP contribution in [0, 0.1) is 0 Å². The molecule has 5 nitrogen and oxygen atoms in total. The SMILES string of the molecule is Cn1c(SCC(=O)c2cccc(C3CC3(Cl)Cl)c2)nnc1-c1ccncc1. The lowest BCUT2D eigenvalue weighted by Crippen LogP contribution is -2.05. The van der Waals surface area contributed by atoms with E-state index in [0.29, 0.717) is 10.7 Å². The molecule has 138 valence electrons. The van der Waals surface area contributed by atoms with E-state index in [0.717, 1.165) is 23.4 Å². The molecule has 27 heavy (non-hydrogen) atoms. The van der Waals surface area contributed by atoms with E-state index < -0.39 is 4.33 Å². The van der Waals surface area contributed by atoms with E-state index >= 15 is 0 Å². The van der Waals surface area contributed by atoms with Crippen LogP contribution in [0.15, 0.2) is 53.9 Å². The van der Waals surface area contributed by atoms with Crippen LogP contribution in [-0.4, -0.2) is 35.6 Å². The largest absolute Gasteiger partial charge is 0.305 e. The molecule has 0 radical (unpaired) electrons. The van der Waals surface area contributed by atoms with Gasteiger partial charge < -0.3 is 4.57 Å². The smallest absolute Gasteiger partial charge is 0.191 e. The molecule has 0 spiro atoms. The summed E-state index contributed by atoms with van der Waals surface area (Å²) in [5, 5.41) is 9.11. The number of benzene rings is 1. The zero-order valence-corrected chi connectivity index (χ0v) is 16.8. The van der Waals surface area contributed by atoms with Gasteiger partial charge in [0.1, 0.15) is 4.33 Å². The van der Waals surface area contributed by atoms with Crippen molar-refractivity contribution in [3.8, 4) is 11.4 Å². The van der Waals surface area contributed by atoms with Crippen LogP contribution in [0.2, 0.25) is 0 Å². The molecule has 1 unspecified atom stereocenters. The molecule has 4 rings (SSSR count). The minimum atomic E-state index is -0.696. The van der Waals surface area contributed by atoms with Gasteiger partial charge in [-0.3, -0.25) is 9.78 Å². The van der Waals surface area contributed by atoms with Crippen LogP contribution >= 0.6 is 35.0 Å². The van der Waals surface area contributed by atoms with Crippen molar-refractivity contribution in [2.45, 2.75) is 21.8 Å². The zero-order chi connectivity index (χ0) is 19.0. The summed E-state index contributed by atoms with van der Waals surface area (Å²) in [4.78, 5) is 16.6. The molecule has 1 aliphatic carbocycles. The monoisotopic (exact) mass is 418 g/mol. The molecule has 1 aliphatic rings. The fraction of sp³-hybridized carbons (Fsp3) is 0.263. The molecule has 0 saturated heterocycles. The fourth-order valence-electron chi connectivity index (χ4n) is 2.91.